The van der Waals surface area contributed by atoms with Gasteiger partial charge in [-0.15, -0.1) is 35.3 Å². The van der Waals surface area contributed by atoms with Gasteiger partial charge in [0, 0.05) is 28.9 Å². The minimum absolute atomic E-state index is 0. The third kappa shape index (κ3) is 6.81. The van der Waals surface area contributed by atoms with Gasteiger partial charge in [-0.25, -0.2) is 0 Å². The van der Waals surface area contributed by atoms with E-state index in [0.29, 0.717) is 0 Å². The summed E-state index contributed by atoms with van der Waals surface area (Å²) in [6.45, 7) is 14.3. The molecule has 0 spiro atoms. The number of rotatable bonds is 7. The van der Waals surface area contributed by atoms with E-state index in [0.717, 1.165) is 25.6 Å². The van der Waals surface area contributed by atoms with E-state index in [2.05, 4.69) is 65.8 Å². The van der Waals surface area contributed by atoms with Gasteiger partial charge >= 0.3 is 0 Å². The van der Waals surface area contributed by atoms with Gasteiger partial charge in [0.15, 0.2) is 5.96 Å². The molecule has 0 atom stereocenters. The van der Waals surface area contributed by atoms with Crippen LogP contribution in [0.15, 0.2) is 22.5 Å². The predicted molar refractivity (Wildman–Crippen MR) is 142 cm³/mol. The van der Waals surface area contributed by atoms with E-state index in [1.54, 1.807) is 0 Å². The number of hydrogen-bond acceptors (Lipinski definition) is 4. The van der Waals surface area contributed by atoms with Crippen LogP contribution >= 0.6 is 35.3 Å². The van der Waals surface area contributed by atoms with Gasteiger partial charge in [0.05, 0.1) is 6.54 Å². The first kappa shape index (κ1) is 25.9. The first-order chi connectivity index (χ1) is 14.0. The van der Waals surface area contributed by atoms with Crippen LogP contribution in [0.2, 0.25) is 0 Å². The van der Waals surface area contributed by atoms with Crippen molar-refractivity contribution in [2.75, 3.05) is 52.9 Å². The maximum absolute atomic E-state index is 4.99. The highest BCUT2D eigenvalue weighted by Gasteiger charge is 2.39. The summed E-state index contributed by atoms with van der Waals surface area (Å²) in [5, 5.41) is 9.39. The van der Waals surface area contributed by atoms with Crippen molar-refractivity contribution in [1.29, 1.82) is 0 Å². The highest BCUT2D eigenvalue weighted by Crippen LogP contribution is 2.31. The molecule has 3 rings (SSSR count). The van der Waals surface area contributed by atoms with E-state index in [1.807, 2.05) is 11.3 Å². The molecule has 0 bridgehead atoms. The Morgan fingerprint density at radius 3 is 2.43 bits per heavy atom. The van der Waals surface area contributed by atoms with Crippen LogP contribution in [0.25, 0.3) is 0 Å². The van der Waals surface area contributed by atoms with Crippen molar-refractivity contribution in [2.45, 2.75) is 63.8 Å². The highest BCUT2D eigenvalue weighted by molar-refractivity contribution is 14.0. The Labute approximate surface area is 205 Å². The number of likely N-dealkylation sites (tertiary alicyclic amines) is 2. The molecule has 0 unspecified atom stereocenters. The van der Waals surface area contributed by atoms with E-state index in [-0.39, 0.29) is 34.9 Å². The van der Waals surface area contributed by atoms with Crippen molar-refractivity contribution in [3.8, 4) is 0 Å². The fraction of sp³-hybridized carbons (Fsp3) is 0.783. The van der Waals surface area contributed by atoms with Gasteiger partial charge in [-0.05, 0) is 77.3 Å². The van der Waals surface area contributed by atoms with Crippen LogP contribution in [0, 0.1) is 0 Å². The van der Waals surface area contributed by atoms with Crippen molar-refractivity contribution in [1.82, 2.24) is 20.4 Å². The van der Waals surface area contributed by atoms with Gasteiger partial charge in [-0.3, -0.25) is 9.89 Å². The lowest BCUT2D eigenvalue weighted by Crippen LogP contribution is -2.62. The molecular formula is C23H42IN5S. The van der Waals surface area contributed by atoms with Crippen molar-refractivity contribution in [3.05, 3.63) is 22.4 Å². The van der Waals surface area contributed by atoms with E-state index in [1.165, 1.54) is 63.2 Å². The number of aliphatic imine (C=N–C) groups is 1. The Morgan fingerprint density at radius 2 is 1.83 bits per heavy atom. The van der Waals surface area contributed by atoms with Crippen LogP contribution in [-0.2, 0) is 5.41 Å². The van der Waals surface area contributed by atoms with E-state index >= 15 is 0 Å². The van der Waals surface area contributed by atoms with Crippen LogP contribution in [0.1, 0.15) is 57.8 Å². The number of piperidine rings is 2. The number of guanidine groups is 1. The number of hydrogen-bond donors (Lipinski definition) is 2. The summed E-state index contributed by atoms with van der Waals surface area (Å²) in [5.74, 6) is 0.965. The van der Waals surface area contributed by atoms with Gasteiger partial charge in [-0.1, -0.05) is 26.3 Å². The molecule has 2 saturated heterocycles. The molecule has 0 aromatic carbocycles. The molecular weight excluding hydrogens is 505 g/mol. The SMILES string of the molecule is CCNC(=NCC(C)(C)c1cccs1)NCC1(N2CCCCC2)CCN(C)CC1.I. The molecule has 0 saturated carbocycles. The normalized spacial score (nSPS) is 21.1. The molecule has 7 heteroatoms. The Balaban J connectivity index is 0.00000320. The molecule has 3 heterocycles. The molecule has 30 heavy (non-hydrogen) atoms. The molecule has 2 fully saturated rings. The topological polar surface area (TPSA) is 42.9 Å². The second-order valence-electron chi connectivity index (χ2n) is 9.49. The first-order valence-corrected chi connectivity index (χ1v) is 12.3. The smallest absolute Gasteiger partial charge is 0.191 e. The van der Waals surface area contributed by atoms with Crippen LogP contribution in [-0.4, -0.2) is 74.2 Å². The second-order valence-corrected chi connectivity index (χ2v) is 10.4. The van der Waals surface area contributed by atoms with Crippen molar-refractivity contribution < 1.29 is 0 Å². The first-order valence-electron chi connectivity index (χ1n) is 11.4. The lowest BCUT2D eigenvalue weighted by Gasteiger charge is -2.50. The number of thiophene rings is 1. The van der Waals surface area contributed by atoms with E-state index in [4.69, 9.17) is 4.99 Å². The summed E-state index contributed by atoms with van der Waals surface area (Å²) in [4.78, 5) is 11.7. The molecule has 1 aromatic rings. The minimum atomic E-state index is 0. The van der Waals surface area contributed by atoms with Crippen LogP contribution in [0.4, 0.5) is 0 Å². The minimum Gasteiger partial charge on any atom is -0.357 e. The molecule has 0 amide bonds. The summed E-state index contributed by atoms with van der Waals surface area (Å²) in [7, 11) is 2.26. The number of halogens is 1. The third-order valence-electron chi connectivity index (χ3n) is 6.69. The maximum Gasteiger partial charge on any atom is 0.191 e. The van der Waals surface area contributed by atoms with Gasteiger partial charge in [0.2, 0.25) is 0 Å². The van der Waals surface area contributed by atoms with Crippen LogP contribution in [0.3, 0.4) is 0 Å². The zero-order valence-electron chi connectivity index (χ0n) is 19.4. The Morgan fingerprint density at radius 1 is 1.13 bits per heavy atom. The quantitative estimate of drug-likeness (QED) is 0.306. The Kier molecular flexibility index (Phi) is 10.4. The summed E-state index contributed by atoms with van der Waals surface area (Å²) in [6.07, 6.45) is 6.58. The van der Waals surface area contributed by atoms with Gasteiger partial charge in [-0.2, -0.15) is 0 Å². The summed E-state index contributed by atoms with van der Waals surface area (Å²) < 4.78 is 0. The molecule has 0 aliphatic carbocycles. The van der Waals surface area contributed by atoms with Gasteiger partial charge in [0.25, 0.3) is 0 Å². The molecule has 2 aliphatic rings. The lowest BCUT2D eigenvalue weighted by molar-refractivity contribution is 0.0173. The molecule has 2 aliphatic heterocycles. The Hall–Kier alpha value is -0.380. The van der Waals surface area contributed by atoms with E-state index < -0.39 is 0 Å². The molecule has 5 nitrogen and oxygen atoms in total. The second kappa shape index (κ2) is 12.0. The zero-order valence-corrected chi connectivity index (χ0v) is 22.5. The number of nitrogens with zero attached hydrogens (tertiary/aromatic N) is 3. The van der Waals surface area contributed by atoms with Crippen molar-refractivity contribution in [3.63, 3.8) is 0 Å². The third-order valence-corrected chi connectivity index (χ3v) is 7.93. The number of nitrogens with one attached hydrogen (secondary N) is 2. The fourth-order valence-electron chi connectivity index (χ4n) is 4.62. The average molecular weight is 548 g/mol. The van der Waals surface area contributed by atoms with E-state index in [9.17, 15) is 0 Å². The summed E-state index contributed by atoms with van der Waals surface area (Å²) >= 11 is 1.83. The summed E-state index contributed by atoms with van der Waals surface area (Å²) in [6, 6.07) is 4.36. The monoisotopic (exact) mass is 547 g/mol. The summed E-state index contributed by atoms with van der Waals surface area (Å²) in [5.41, 5.74) is 0.334. The largest absolute Gasteiger partial charge is 0.357 e. The zero-order chi connectivity index (χ0) is 20.7. The maximum atomic E-state index is 4.99. The predicted octanol–water partition coefficient (Wildman–Crippen LogP) is 4.15. The molecule has 0 radical (unpaired) electrons. The standard InChI is InChI=1S/C23H41N5S.HI/c1-5-24-21(25-18-22(2,3)20-10-9-17-29-20)26-19-23(11-15-27(4)16-12-23)28-13-7-6-8-14-28;/h9-10,17H,5-8,11-16,18-19H2,1-4H3,(H2,24,25,26);1H. The highest BCUT2D eigenvalue weighted by atomic mass is 127. The lowest BCUT2D eigenvalue weighted by atomic mass is 9.84. The fourth-order valence-corrected chi connectivity index (χ4v) is 5.46. The molecule has 172 valence electrons. The van der Waals surface area contributed by atoms with Crippen molar-refractivity contribution in [2.24, 2.45) is 4.99 Å². The van der Waals surface area contributed by atoms with Crippen LogP contribution < -0.4 is 10.6 Å². The van der Waals surface area contributed by atoms with Gasteiger partial charge < -0.3 is 15.5 Å². The Bertz CT molecular complexity index is 632. The molecule has 1 aromatic heterocycles. The van der Waals surface area contributed by atoms with Crippen LogP contribution in [0.5, 0.6) is 0 Å². The van der Waals surface area contributed by atoms with Crippen molar-refractivity contribution >= 4 is 41.3 Å². The molecule has 2 N–H and O–H groups in total. The average Bonchev–Trinajstić information content (AvgIpc) is 3.28. The van der Waals surface area contributed by atoms with Gasteiger partial charge in [0.1, 0.15) is 0 Å².